The molecule has 1 aromatic rings. The summed E-state index contributed by atoms with van der Waals surface area (Å²) in [6, 6.07) is 5.54. The maximum atomic E-state index is 12.3. The molecule has 2 amide bonds. The summed E-state index contributed by atoms with van der Waals surface area (Å²) in [5, 5.41) is 13.7. The van der Waals surface area contributed by atoms with Crippen molar-refractivity contribution in [2.24, 2.45) is 0 Å². The molecule has 1 N–H and O–H groups in total. The quantitative estimate of drug-likeness (QED) is 0.668. The number of nitrogens with zero attached hydrogens (tertiary/aromatic N) is 2. The first-order valence-corrected chi connectivity index (χ1v) is 8.19. The summed E-state index contributed by atoms with van der Waals surface area (Å²) in [5.41, 5.74) is -0.402. The standard InChI is InChI=1S/C17H23N3O5/c1-17(2,3)25-16(22)19-9-7-13(8-10-19)18-15(21)12-5-4-6-14(11-12)20(23)24/h4-6,11,13H,7-10H2,1-3H3,(H,18,21). The van der Waals surface area contributed by atoms with Crippen molar-refractivity contribution in [2.75, 3.05) is 13.1 Å². The highest BCUT2D eigenvalue weighted by molar-refractivity contribution is 5.95. The van der Waals surface area contributed by atoms with Crippen LogP contribution < -0.4 is 5.32 Å². The molecule has 8 heteroatoms. The summed E-state index contributed by atoms with van der Waals surface area (Å²) in [4.78, 5) is 36.2. The van der Waals surface area contributed by atoms with Gasteiger partial charge < -0.3 is 15.0 Å². The van der Waals surface area contributed by atoms with Gasteiger partial charge in [0.25, 0.3) is 11.6 Å². The van der Waals surface area contributed by atoms with Crippen LogP contribution >= 0.6 is 0 Å². The monoisotopic (exact) mass is 349 g/mol. The van der Waals surface area contributed by atoms with Crippen molar-refractivity contribution in [1.82, 2.24) is 10.2 Å². The Morgan fingerprint density at radius 2 is 1.92 bits per heavy atom. The van der Waals surface area contributed by atoms with E-state index in [0.29, 0.717) is 25.9 Å². The average Bonchev–Trinajstić information content (AvgIpc) is 2.54. The largest absolute Gasteiger partial charge is 0.444 e. The summed E-state index contributed by atoms with van der Waals surface area (Å²) < 4.78 is 5.33. The number of nitrogens with one attached hydrogen (secondary N) is 1. The number of carbonyl (C=O) groups is 2. The van der Waals surface area contributed by atoms with Crippen LogP contribution in [0.4, 0.5) is 10.5 Å². The molecule has 136 valence electrons. The molecule has 1 heterocycles. The van der Waals surface area contributed by atoms with Crippen LogP contribution in [0, 0.1) is 10.1 Å². The number of hydrogen-bond acceptors (Lipinski definition) is 5. The Kier molecular flexibility index (Phi) is 5.61. The third-order valence-electron chi connectivity index (χ3n) is 3.80. The van der Waals surface area contributed by atoms with Crippen LogP contribution in [0.15, 0.2) is 24.3 Å². The Morgan fingerprint density at radius 1 is 1.28 bits per heavy atom. The van der Waals surface area contributed by atoms with Crippen LogP contribution in [0.3, 0.4) is 0 Å². The predicted octanol–water partition coefficient (Wildman–Crippen LogP) is 2.72. The van der Waals surface area contributed by atoms with E-state index in [0.717, 1.165) is 0 Å². The number of hydrogen-bond donors (Lipinski definition) is 1. The number of rotatable bonds is 3. The molecule has 0 bridgehead atoms. The molecule has 1 aliphatic rings. The van der Waals surface area contributed by atoms with Crippen LogP contribution in [-0.4, -0.2) is 46.6 Å². The van der Waals surface area contributed by atoms with E-state index >= 15 is 0 Å². The molecule has 0 spiro atoms. The predicted molar refractivity (Wildman–Crippen MR) is 91.4 cm³/mol. The molecular weight excluding hydrogens is 326 g/mol. The number of carbonyl (C=O) groups excluding carboxylic acids is 2. The Labute approximate surface area is 146 Å². The van der Waals surface area contributed by atoms with E-state index in [1.807, 2.05) is 20.8 Å². The van der Waals surface area contributed by atoms with Crippen molar-refractivity contribution >= 4 is 17.7 Å². The SMILES string of the molecule is CC(C)(C)OC(=O)N1CCC(NC(=O)c2cccc([N+](=O)[O-])c2)CC1. The fourth-order valence-corrected chi connectivity index (χ4v) is 2.56. The summed E-state index contributed by atoms with van der Waals surface area (Å²) in [6.45, 7) is 6.44. The highest BCUT2D eigenvalue weighted by Crippen LogP contribution is 2.17. The van der Waals surface area contributed by atoms with Crippen LogP contribution in [-0.2, 0) is 4.74 Å². The van der Waals surface area contributed by atoms with Crippen LogP contribution in [0.2, 0.25) is 0 Å². The van der Waals surface area contributed by atoms with Gasteiger partial charge in [-0.3, -0.25) is 14.9 Å². The minimum absolute atomic E-state index is 0.0783. The van der Waals surface area contributed by atoms with Crippen molar-refractivity contribution in [3.63, 3.8) is 0 Å². The molecule has 8 nitrogen and oxygen atoms in total. The summed E-state index contributed by atoms with van der Waals surface area (Å²) in [7, 11) is 0. The highest BCUT2D eigenvalue weighted by atomic mass is 16.6. The smallest absolute Gasteiger partial charge is 0.410 e. The van der Waals surface area contributed by atoms with Crippen molar-refractivity contribution in [2.45, 2.75) is 45.3 Å². The molecule has 25 heavy (non-hydrogen) atoms. The molecule has 0 atom stereocenters. The minimum atomic E-state index is -0.538. The molecule has 1 saturated heterocycles. The molecule has 1 fully saturated rings. The van der Waals surface area contributed by atoms with Gasteiger partial charge in [-0.25, -0.2) is 4.79 Å². The van der Waals surface area contributed by atoms with Crippen LogP contribution in [0.5, 0.6) is 0 Å². The molecule has 0 aliphatic carbocycles. The lowest BCUT2D eigenvalue weighted by Gasteiger charge is -2.33. The zero-order valence-corrected chi connectivity index (χ0v) is 14.7. The molecular formula is C17H23N3O5. The second-order valence-corrected chi connectivity index (χ2v) is 7.02. The highest BCUT2D eigenvalue weighted by Gasteiger charge is 2.27. The number of piperidine rings is 1. The van der Waals surface area contributed by atoms with E-state index in [1.54, 1.807) is 4.90 Å². The molecule has 1 aliphatic heterocycles. The van der Waals surface area contributed by atoms with E-state index < -0.39 is 10.5 Å². The third-order valence-corrected chi connectivity index (χ3v) is 3.80. The van der Waals surface area contributed by atoms with Crippen molar-refractivity contribution in [3.8, 4) is 0 Å². The number of nitro benzene ring substituents is 1. The lowest BCUT2D eigenvalue weighted by atomic mass is 10.0. The summed E-state index contributed by atoms with van der Waals surface area (Å²) in [6.07, 6.45) is 0.871. The first kappa shape index (κ1) is 18.7. The molecule has 0 radical (unpaired) electrons. The van der Waals surface area contributed by atoms with Gasteiger partial charge in [0.2, 0.25) is 0 Å². The number of non-ortho nitro benzene ring substituents is 1. The van der Waals surface area contributed by atoms with Gasteiger partial charge in [0.1, 0.15) is 5.60 Å². The second kappa shape index (κ2) is 7.50. The molecule has 0 saturated carbocycles. The van der Waals surface area contributed by atoms with Gasteiger partial charge in [-0.15, -0.1) is 0 Å². The van der Waals surface area contributed by atoms with Gasteiger partial charge in [-0.2, -0.15) is 0 Å². The zero-order valence-electron chi connectivity index (χ0n) is 14.7. The van der Waals surface area contributed by atoms with Crippen LogP contribution in [0.1, 0.15) is 44.0 Å². The van der Waals surface area contributed by atoms with Gasteiger partial charge in [0.05, 0.1) is 4.92 Å². The number of ether oxygens (including phenoxy) is 1. The van der Waals surface area contributed by atoms with Gasteiger partial charge >= 0.3 is 6.09 Å². The van der Waals surface area contributed by atoms with E-state index in [2.05, 4.69) is 5.32 Å². The Morgan fingerprint density at radius 3 is 2.48 bits per heavy atom. The third kappa shape index (κ3) is 5.44. The van der Waals surface area contributed by atoms with Crippen LogP contribution in [0.25, 0.3) is 0 Å². The first-order chi connectivity index (χ1) is 11.7. The van der Waals surface area contributed by atoms with Gasteiger partial charge in [0.15, 0.2) is 0 Å². The van der Waals surface area contributed by atoms with Crippen molar-refractivity contribution in [3.05, 3.63) is 39.9 Å². The number of benzene rings is 1. The fraction of sp³-hybridized carbons (Fsp3) is 0.529. The fourth-order valence-electron chi connectivity index (χ4n) is 2.56. The van der Waals surface area contributed by atoms with E-state index in [-0.39, 0.29) is 29.3 Å². The van der Waals surface area contributed by atoms with E-state index in [1.165, 1.54) is 24.3 Å². The Hall–Kier alpha value is -2.64. The lowest BCUT2D eigenvalue weighted by molar-refractivity contribution is -0.384. The van der Waals surface area contributed by atoms with E-state index in [4.69, 9.17) is 4.74 Å². The maximum Gasteiger partial charge on any atom is 0.410 e. The minimum Gasteiger partial charge on any atom is -0.444 e. The topological polar surface area (TPSA) is 102 Å². The molecule has 0 aromatic heterocycles. The van der Waals surface area contributed by atoms with Gasteiger partial charge in [-0.1, -0.05) is 6.07 Å². The molecule has 1 aromatic carbocycles. The number of likely N-dealkylation sites (tertiary alicyclic amines) is 1. The lowest BCUT2D eigenvalue weighted by Crippen LogP contribution is -2.47. The number of nitro groups is 1. The van der Waals surface area contributed by atoms with Crippen molar-refractivity contribution in [1.29, 1.82) is 0 Å². The maximum absolute atomic E-state index is 12.3. The number of amides is 2. The second-order valence-electron chi connectivity index (χ2n) is 7.02. The zero-order chi connectivity index (χ0) is 18.6. The summed E-state index contributed by atoms with van der Waals surface area (Å²) >= 11 is 0. The first-order valence-electron chi connectivity index (χ1n) is 8.19. The Bertz CT molecular complexity index is 660. The summed E-state index contributed by atoms with van der Waals surface area (Å²) in [5.74, 6) is -0.348. The van der Waals surface area contributed by atoms with Gasteiger partial charge in [0, 0.05) is 36.8 Å². The van der Waals surface area contributed by atoms with Gasteiger partial charge in [-0.05, 0) is 39.7 Å². The van der Waals surface area contributed by atoms with Crippen molar-refractivity contribution < 1.29 is 19.2 Å². The molecule has 0 unspecified atom stereocenters. The van der Waals surface area contributed by atoms with E-state index in [9.17, 15) is 19.7 Å². The Balaban J connectivity index is 1.87. The normalized spacial score (nSPS) is 15.6. The average molecular weight is 349 g/mol. The molecule has 2 rings (SSSR count).